The van der Waals surface area contributed by atoms with Crippen molar-refractivity contribution in [3.05, 3.63) is 34.6 Å². The van der Waals surface area contributed by atoms with Crippen LogP contribution in [0.25, 0.3) is 0 Å². The van der Waals surface area contributed by atoms with Crippen LogP contribution < -0.4 is 10.6 Å². The van der Waals surface area contributed by atoms with Crippen molar-refractivity contribution in [2.24, 2.45) is 11.8 Å². The standard InChI is InChI=1S/C12H9F5N2O/c13-6-5(7(14)9(16)10(17)8(6)15)12(20)19-11-3-1-18-2-4(3)11/h3-4,11,18H,1-2H2,(H,19,20). The molecule has 2 unspecified atom stereocenters. The van der Waals surface area contributed by atoms with E-state index in [2.05, 4.69) is 10.6 Å². The van der Waals surface area contributed by atoms with E-state index in [1.807, 2.05) is 0 Å². The number of rotatable bonds is 2. The number of carbonyl (C=O) groups excluding carboxylic acids is 1. The largest absolute Gasteiger partial charge is 0.348 e. The summed E-state index contributed by atoms with van der Waals surface area (Å²) in [6, 6.07) is -0.279. The Bertz CT molecular complexity index is 567. The number of benzene rings is 1. The Morgan fingerprint density at radius 1 is 0.900 bits per heavy atom. The molecular weight excluding hydrogens is 283 g/mol. The first kappa shape index (κ1) is 13.3. The molecule has 1 aromatic carbocycles. The summed E-state index contributed by atoms with van der Waals surface area (Å²) in [5.74, 6) is -11.7. The summed E-state index contributed by atoms with van der Waals surface area (Å²) in [4.78, 5) is 11.7. The fourth-order valence-corrected chi connectivity index (χ4v) is 2.66. The lowest BCUT2D eigenvalue weighted by molar-refractivity contribution is 0.0934. The fourth-order valence-electron chi connectivity index (χ4n) is 2.66. The topological polar surface area (TPSA) is 41.1 Å². The zero-order valence-electron chi connectivity index (χ0n) is 9.94. The molecule has 2 atom stereocenters. The molecule has 2 fully saturated rings. The van der Waals surface area contributed by atoms with E-state index in [9.17, 15) is 26.7 Å². The van der Waals surface area contributed by atoms with Gasteiger partial charge in [0.25, 0.3) is 5.91 Å². The zero-order valence-corrected chi connectivity index (χ0v) is 9.94. The van der Waals surface area contributed by atoms with Gasteiger partial charge in [-0.3, -0.25) is 4.79 Å². The van der Waals surface area contributed by atoms with Crippen LogP contribution in [0.1, 0.15) is 10.4 Å². The van der Waals surface area contributed by atoms with Crippen molar-refractivity contribution < 1.29 is 26.7 Å². The molecular formula is C12H9F5N2O. The summed E-state index contributed by atoms with van der Waals surface area (Å²) < 4.78 is 65.7. The first-order valence-electron chi connectivity index (χ1n) is 5.96. The molecule has 0 radical (unpaired) electrons. The van der Waals surface area contributed by atoms with E-state index in [4.69, 9.17) is 0 Å². The average Bonchev–Trinajstić information content (AvgIpc) is 2.87. The van der Waals surface area contributed by atoms with E-state index in [0.29, 0.717) is 13.1 Å². The smallest absolute Gasteiger partial charge is 0.257 e. The van der Waals surface area contributed by atoms with E-state index in [1.54, 1.807) is 0 Å². The molecule has 1 aliphatic heterocycles. The number of halogens is 5. The first-order chi connectivity index (χ1) is 9.43. The van der Waals surface area contributed by atoms with E-state index < -0.39 is 40.6 Å². The van der Waals surface area contributed by atoms with E-state index in [0.717, 1.165) is 0 Å². The summed E-state index contributed by atoms with van der Waals surface area (Å²) in [5, 5.41) is 5.36. The number of piperidine rings is 1. The maximum atomic E-state index is 13.4. The number of carbonyl (C=O) groups is 1. The number of hydrogen-bond acceptors (Lipinski definition) is 2. The van der Waals surface area contributed by atoms with Crippen molar-refractivity contribution >= 4 is 5.91 Å². The Morgan fingerprint density at radius 3 is 1.85 bits per heavy atom. The Kier molecular flexibility index (Phi) is 2.93. The second kappa shape index (κ2) is 4.41. The van der Waals surface area contributed by atoms with Gasteiger partial charge in [0.15, 0.2) is 23.3 Å². The second-order valence-electron chi connectivity index (χ2n) is 4.93. The lowest BCUT2D eigenvalue weighted by Gasteiger charge is -2.10. The third kappa shape index (κ3) is 1.78. The monoisotopic (exact) mass is 292 g/mol. The Morgan fingerprint density at radius 2 is 1.35 bits per heavy atom. The molecule has 20 heavy (non-hydrogen) atoms. The summed E-state index contributed by atoms with van der Waals surface area (Å²) >= 11 is 0. The van der Waals surface area contributed by atoms with Crippen molar-refractivity contribution in [2.45, 2.75) is 6.04 Å². The highest BCUT2D eigenvalue weighted by Gasteiger charge is 2.54. The Labute approximate surface area is 110 Å². The number of hydrogen-bond donors (Lipinski definition) is 2. The van der Waals surface area contributed by atoms with Gasteiger partial charge >= 0.3 is 0 Å². The summed E-state index contributed by atoms with van der Waals surface area (Å²) in [6.07, 6.45) is 0. The highest BCUT2D eigenvalue weighted by molar-refractivity contribution is 5.95. The molecule has 1 saturated carbocycles. The van der Waals surface area contributed by atoms with Gasteiger partial charge in [0.2, 0.25) is 5.82 Å². The van der Waals surface area contributed by atoms with E-state index in [1.165, 1.54) is 0 Å². The van der Waals surface area contributed by atoms with Gasteiger partial charge in [-0.15, -0.1) is 0 Å². The molecule has 1 aliphatic carbocycles. The van der Waals surface area contributed by atoms with Crippen LogP contribution in [0.4, 0.5) is 22.0 Å². The van der Waals surface area contributed by atoms with Crippen LogP contribution in [-0.2, 0) is 0 Å². The molecule has 3 rings (SSSR count). The molecule has 2 aliphatic rings. The van der Waals surface area contributed by atoms with Crippen molar-refractivity contribution in [3.63, 3.8) is 0 Å². The van der Waals surface area contributed by atoms with Gasteiger partial charge in [0, 0.05) is 19.1 Å². The molecule has 108 valence electrons. The second-order valence-corrected chi connectivity index (χ2v) is 4.93. The molecule has 1 aromatic rings. The highest BCUT2D eigenvalue weighted by Crippen LogP contribution is 2.41. The van der Waals surface area contributed by atoms with Crippen LogP contribution >= 0.6 is 0 Å². The van der Waals surface area contributed by atoms with Crippen LogP contribution in [0.5, 0.6) is 0 Å². The van der Waals surface area contributed by atoms with Gasteiger partial charge in [-0.2, -0.15) is 0 Å². The molecule has 0 spiro atoms. The van der Waals surface area contributed by atoms with Gasteiger partial charge in [0.1, 0.15) is 5.56 Å². The quantitative estimate of drug-likeness (QED) is 0.490. The predicted molar refractivity (Wildman–Crippen MR) is 57.3 cm³/mol. The SMILES string of the molecule is O=C(NC1C2CNCC21)c1c(F)c(F)c(F)c(F)c1F. The summed E-state index contributed by atoms with van der Waals surface area (Å²) in [7, 11) is 0. The lowest BCUT2D eigenvalue weighted by Crippen LogP contribution is -2.34. The lowest BCUT2D eigenvalue weighted by atomic mass is 10.1. The molecule has 0 aromatic heterocycles. The van der Waals surface area contributed by atoms with E-state index >= 15 is 0 Å². The highest BCUT2D eigenvalue weighted by atomic mass is 19.2. The van der Waals surface area contributed by atoms with Crippen LogP contribution in [0.15, 0.2) is 0 Å². The van der Waals surface area contributed by atoms with Gasteiger partial charge < -0.3 is 10.6 Å². The molecule has 1 amide bonds. The number of fused-ring (bicyclic) bond motifs is 1. The van der Waals surface area contributed by atoms with Crippen molar-refractivity contribution in [1.29, 1.82) is 0 Å². The number of amides is 1. The summed E-state index contributed by atoms with van der Waals surface area (Å²) in [6.45, 7) is 1.32. The Balaban J connectivity index is 1.88. The molecule has 2 N–H and O–H groups in total. The normalized spacial score (nSPS) is 27.4. The third-order valence-electron chi connectivity index (χ3n) is 3.83. The van der Waals surface area contributed by atoms with E-state index in [-0.39, 0.29) is 17.9 Å². The molecule has 1 saturated heterocycles. The van der Waals surface area contributed by atoms with Crippen molar-refractivity contribution in [1.82, 2.24) is 10.6 Å². The van der Waals surface area contributed by atoms with Crippen LogP contribution in [0.3, 0.4) is 0 Å². The first-order valence-corrected chi connectivity index (χ1v) is 5.96. The fraction of sp³-hybridized carbons (Fsp3) is 0.417. The van der Waals surface area contributed by atoms with Crippen molar-refractivity contribution in [2.75, 3.05) is 13.1 Å². The van der Waals surface area contributed by atoms with Gasteiger partial charge in [0.05, 0.1) is 0 Å². The van der Waals surface area contributed by atoms with Crippen LogP contribution in [0.2, 0.25) is 0 Å². The minimum Gasteiger partial charge on any atom is -0.348 e. The predicted octanol–water partition coefficient (Wildman–Crippen LogP) is 1.33. The minimum absolute atomic E-state index is 0.153. The maximum Gasteiger partial charge on any atom is 0.257 e. The number of nitrogens with one attached hydrogen (secondary N) is 2. The third-order valence-corrected chi connectivity index (χ3v) is 3.83. The molecule has 0 bridgehead atoms. The molecule has 3 nitrogen and oxygen atoms in total. The maximum absolute atomic E-state index is 13.4. The Hall–Kier alpha value is -1.70. The minimum atomic E-state index is -2.27. The summed E-state index contributed by atoms with van der Waals surface area (Å²) in [5.41, 5.74) is -1.43. The molecule has 1 heterocycles. The molecule has 8 heteroatoms. The van der Waals surface area contributed by atoms with Gasteiger partial charge in [-0.05, 0) is 11.8 Å². The van der Waals surface area contributed by atoms with Gasteiger partial charge in [-0.1, -0.05) is 0 Å². The zero-order chi connectivity index (χ0) is 14.6. The average molecular weight is 292 g/mol. The van der Waals surface area contributed by atoms with Gasteiger partial charge in [-0.25, -0.2) is 22.0 Å². The van der Waals surface area contributed by atoms with Crippen molar-refractivity contribution in [3.8, 4) is 0 Å². The van der Waals surface area contributed by atoms with Crippen LogP contribution in [-0.4, -0.2) is 25.0 Å². The van der Waals surface area contributed by atoms with Crippen LogP contribution in [0, 0.1) is 40.9 Å².